The summed E-state index contributed by atoms with van der Waals surface area (Å²) in [6.45, 7) is 5.25. The molecule has 2 fully saturated rings. The molecule has 3 rings (SSSR count). The third-order valence-corrected chi connectivity index (χ3v) is 4.76. The molecule has 3 heteroatoms. The number of likely N-dealkylation sites (tertiary alicyclic amines) is 1. The predicted octanol–water partition coefficient (Wildman–Crippen LogP) is 1.98. The van der Waals surface area contributed by atoms with Crippen LogP contribution in [0.5, 0.6) is 0 Å². The minimum atomic E-state index is 0.148. The van der Waals surface area contributed by atoms with E-state index in [1.165, 1.54) is 37.8 Å². The maximum absolute atomic E-state index is 6.11. The second-order valence-electron chi connectivity index (χ2n) is 6.61. The molecule has 1 atom stereocenters. The molecule has 1 aliphatic carbocycles. The lowest BCUT2D eigenvalue weighted by atomic mass is 9.88. The number of benzene rings is 1. The van der Waals surface area contributed by atoms with Gasteiger partial charge in [0.2, 0.25) is 0 Å². The molecular weight excluding hydrogens is 246 g/mol. The Labute approximate surface area is 122 Å². The fourth-order valence-corrected chi connectivity index (χ4v) is 3.27. The number of rotatable bonds is 6. The van der Waals surface area contributed by atoms with E-state index in [0.717, 1.165) is 32.1 Å². The van der Waals surface area contributed by atoms with Crippen molar-refractivity contribution < 1.29 is 0 Å². The summed E-state index contributed by atoms with van der Waals surface area (Å²) < 4.78 is 0. The normalized spacial score (nSPS) is 27.6. The summed E-state index contributed by atoms with van der Waals surface area (Å²) >= 11 is 0. The second kappa shape index (κ2) is 6.25. The summed E-state index contributed by atoms with van der Waals surface area (Å²) in [7, 11) is 0. The summed E-state index contributed by atoms with van der Waals surface area (Å²) in [5.41, 5.74) is 7.66. The van der Waals surface area contributed by atoms with E-state index < -0.39 is 0 Å². The third kappa shape index (κ3) is 3.60. The quantitative estimate of drug-likeness (QED) is 0.833. The summed E-state index contributed by atoms with van der Waals surface area (Å²) in [4.78, 5) is 2.56. The number of piperidine rings is 1. The van der Waals surface area contributed by atoms with Gasteiger partial charge in [-0.05, 0) is 50.3 Å². The Bertz CT molecular complexity index is 416. The van der Waals surface area contributed by atoms with Gasteiger partial charge in [0, 0.05) is 25.2 Å². The highest BCUT2D eigenvalue weighted by Crippen LogP contribution is 2.29. The molecule has 110 valence electrons. The van der Waals surface area contributed by atoms with Crippen LogP contribution < -0.4 is 11.1 Å². The monoisotopic (exact) mass is 273 g/mol. The molecule has 0 radical (unpaired) electrons. The largest absolute Gasteiger partial charge is 0.329 e. The topological polar surface area (TPSA) is 41.3 Å². The SMILES string of the molecule is NCC1(NCC2CC2)CCCN(Cc2ccccc2)C1. The summed E-state index contributed by atoms with van der Waals surface area (Å²) in [5.74, 6) is 0.919. The van der Waals surface area contributed by atoms with E-state index >= 15 is 0 Å². The van der Waals surface area contributed by atoms with Gasteiger partial charge in [0.25, 0.3) is 0 Å². The highest BCUT2D eigenvalue weighted by molar-refractivity contribution is 5.15. The Kier molecular flexibility index (Phi) is 4.39. The molecule has 0 amide bonds. The van der Waals surface area contributed by atoms with E-state index in [-0.39, 0.29) is 5.54 Å². The summed E-state index contributed by atoms with van der Waals surface area (Å²) in [6, 6.07) is 10.8. The Balaban J connectivity index is 1.58. The lowest BCUT2D eigenvalue weighted by Crippen LogP contribution is -2.61. The molecule has 1 aromatic carbocycles. The number of nitrogens with zero attached hydrogens (tertiary/aromatic N) is 1. The van der Waals surface area contributed by atoms with Crippen LogP contribution in [-0.4, -0.2) is 36.6 Å². The van der Waals surface area contributed by atoms with Gasteiger partial charge in [0.05, 0.1) is 0 Å². The second-order valence-corrected chi connectivity index (χ2v) is 6.61. The van der Waals surface area contributed by atoms with E-state index in [2.05, 4.69) is 40.5 Å². The first kappa shape index (κ1) is 14.1. The molecule has 0 bridgehead atoms. The summed E-state index contributed by atoms with van der Waals surface area (Å²) in [5, 5.41) is 3.80. The predicted molar refractivity (Wildman–Crippen MR) is 83.5 cm³/mol. The maximum atomic E-state index is 6.11. The van der Waals surface area contributed by atoms with Crippen molar-refractivity contribution in [3.05, 3.63) is 35.9 Å². The number of nitrogens with two attached hydrogens (primary N) is 1. The van der Waals surface area contributed by atoms with Gasteiger partial charge in [-0.2, -0.15) is 0 Å². The number of nitrogens with one attached hydrogen (secondary N) is 1. The molecule has 3 nitrogen and oxygen atoms in total. The Morgan fingerprint density at radius 1 is 1.25 bits per heavy atom. The molecule has 2 aliphatic rings. The van der Waals surface area contributed by atoms with Crippen molar-refractivity contribution >= 4 is 0 Å². The zero-order valence-electron chi connectivity index (χ0n) is 12.4. The Hall–Kier alpha value is -0.900. The van der Waals surface area contributed by atoms with E-state index in [1.807, 2.05) is 0 Å². The van der Waals surface area contributed by atoms with Crippen molar-refractivity contribution in [2.45, 2.75) is 37.8 Å². The van der Waals surface area contributed by atoms with Gasteiger partial charge in [-0.25, -0.2) is 0 Å². The smallest absolute Gasteiger partial charge is 0.0433 e. The van der Waals surface area contributed by atoms with Crippen LogP contribution in [0, 0.1) is 5.92 Å². The molecule has 1 saturated heterocycles. The highest BCUT2D eigenvalue weighted by atomic mass is 15.2. The van der Waals surface area contributed by atoms with E-state index in [4.69, 9.17) is 5.73 Å². The molecule has 1 aromatic rings. The van der Waals surface area contributed by atoms with Crippen LogP contribution in [-0.2, 0) is 6.54 Å². The average Bonchev–Trinajstić information content (AvgIpc) is 3.31. The molecule has 1 heterocycles. The van der Waals surface area contributed by atoms with Gasteiger partial charge in [0.1, 0.15) is 0 Å². The van der Waals surface area contributed by atoms with Crippen LogP contribution in [0.15, 0.2) is 30.3 Å². The fraction of sp³-hybridized carbons (Fsp3) is 0.647. The number of hydrogen-bond acceptors (Lipinski definition) is 3. The van der Waals surface area contributed by atoms with Crippen molar-refractivity contribution in [3.8, 4) is 0 Å². The molecule has 0 spiro atoms. The van der Waals surface area contributed by atoms with Crippen LogP contribution in [0.2, 0.25) is 0 Å². The Morgan fingerprint density at radius 2 is 2.05 bits per heavy atom. The minimum absolute atomic E-state index is 0.148. The lowest BCUT2D eigenvalue weighted by Gasteiger charge is -2.43. The van der Waals surface area contributed by atoms with Crippen molar-refractivity contribution in [1.82, 2.24) is 10.2 Å². The average molecular weight is 273 g/mol. The van der Waals surface area contributed by atoms with Crippen LogP contribution in [0.1, 0.15) is 31.2 Å². The zero-order chi connectivity index (χ0) is 13.8. The van der Waals surface area contributed by atoms with Crippen LogP contribution >= 0.6 is 0 Å². The number of hydrogen-bond donors (Lipinski definition) is 2. The summed E-state index contributed by atoms with van der Waals surface area (Å²) in [6.07, 6.45) is 5.28. The van der Waals surface area contributed by atoms with Crippen molar-refractivity contribution in [3.63, 3.8) is 0 Å². The van der Waals surface area contributed by atoms with Crippen LogP contribution in [0.3, 0.4) is 0 Å². The molecule has 20 heavy (non-hydrogen) atoms. The van der Waals surface area contributed by atoms with Crippen LogP contribution in [0.4, 0.5) is 0 Å². The molecule has 3 N–H and O–H groups in total. The van der Waals surface area contributed by atoms with Gasteiger partial charge in [-0.3, -0.25) is 4.90 Å². The zero-order valence-corrected chi connectivity index (χ0v) is 12.4. The molecule has 1 unspecified atom stereocenters. The third-order valence-electron chi connectivity index (χ3n) is 4.76. The molecule has 1 aliphatic heterocycles. The fourth-order valence-electron chi connectivity index (χ4n) is 3.27. The van der Waals surface area contributed by atoms with E-state index in [1.54, 1.807) is 0 Å². The van der Waals surface area contributed by atoms with Gasteiger partial charge in [-0.15, -0.1) is 0 Å². The van der Waals surface area contributed by atoms with Gasteiger partial charge in [0.15, 0.2) is 0 Å². The standard InChI is InChI=1S/C17H27N3/c18-13-17(19-11-15-7-8-15)9-4-10-20(14-17)12-16-5-2-1-3-6-16/h1-3,5-6,15,19H,4,7-14,18H2. The van der Waals surface area contributed by atoms with Crippen LogP contribution in [0.25, 0.3) is 0 Å². The van der Waals surface area contributed by atoms with Crippen molar-refractivity contribution in [2.75, 3.05) is 26.2 Å². The van der Waals surface area contributed by atoms with Crippen molar-refractivity contribution in [1.29, 1.82) is 0 Å². The highest BCUT2D eigenvalue weighted by Gasteiger charge is 2.35. The first-order valence-corrected chi connectivity index (χ1v) is 8.01. The first-order valence-electron chi connectivity index (χ1n) is 8.01. The van der Waals surface area contributed by atoms with E-state index in [0.29, 0.717) is 0 Å². The molecule has 0 aromatic heterocycles. The van der Waals surface area contributed by atoms with Crippen molar-refractivity contribution in [2.24, 2.45) is 11.7 Å². The van der Waals surface area contributed by atoms with E-state index in [9.17, 15) is 0 Å². The maximum Gasteiger partial charge on any atom is 0.0433 e. The van der Waals surface area contributed by atoms with Gasteiger partial charge < -0.3 is 11.1 Å². The molecular formula is C17H27N3. The lowest BCUT2D eigenvalue weighted by molar-refractivity contribution is 0.119. The van der Waals surface area contributed by atoms with Gasteiger partial charge in [-0.1, -0.05) is 30.3 Å². The first-order chi connectivity index (χ1) is 9.80. The molecule has 1 saturated carbocycles. The van der Waals surface area contributed by atoms with Gasteiger partial charge >= 0.3 is 0 Å². The Morgan fingerprint density at radius 3 is 2.75 bits per heavy atom. The minimum Gasteiger partial charge on any atom is -0.329 e.